The van der Waals surface area contributed by atoms with Gasteiger partial charge in [-0.3, -0.25) is 4.79 Å². The van der Waals surface area contributed by atoms with E-state index in [2.05, 4.69) is 27.2 Å². The molecule has 0 bridgehead atoms. The van der Waals surface area contributed by atoms with Crippen LogP contribution in [0.25, 0.3) is 11.2 Å². The second-order valence-electron chi connectivity index (χ2n) is 6.31. The highest BCUT2D eigenvalue weighted by Crippen LogP contribution is 2.24. The Morgan fingerprint density at radius 1 is 1.22 bits per heavy atom. The van der Waals surface area contributed by atoms with Crippen molar-refractivity contribution in [3.05, 3.63) is 41.7 Å². The number of fused-ring (bicyclic) bond motifs is 1. The second kappa shape index (κ2) is 7.36. The molecule has 1 amide bonds. The number of aryl methyl sites for hydroxylation is 1. The minimum atomic E-state index is -3.26. The van der Waals surface area contributed by atoms with Crippen LogP contribution in [-0.4, -0.2) is 35.5 Å². The summed E-state index contributed by atoms with van der Waals surface area (Å²) >= 11 is 0. The maximum Gasteiger partial charge on any atom is 0.252 e. The summed E-state index contributed by atoms with van der Waals surface area (Å²) in [5.41, 5.74) is 8.01. The monoisotopic (exact) mass is 387 g/mol. The maximum atomic E-state index is 11.6. The predicted octanol–water partition coefficient (Wildman–Crippen LogP) is 2.55. The minimum Gasteiger partial charge on any atom is -0.365 e. The number of nitrogens with two attached hydrogens (primary N) is 1. The normalized spacial score (nSPS) is 11.6. The summed E-state index contributed by atoms with van der Waals surface area (Å²) in [6, 6.07) is 6.39. The SMILES string of the molecule is CCCCc1nc2[nH]cc(C(N)=O)c2nc1Nc1ccc(S(C)(=O)=O)cc1. The molecule has 0 atom stereocenters. The van der Waals surface area contributed by atoms with Crippen LogP contribution >= 0.6 is 0 Å². The summed E-state index contributed by atoms with van der Waals surface area (Å²) in [7, 11) is -3.26. The van der Waals surface area contributed by atoms with Crippen molar-refractivity contribution in [3.8, 4) is 0 Å². The van der Waals surface area contributed by atoms with Crippen LogP contribution < -0.4 is 11.1 Å². The third kappa shape index (κ3) is 4.08. The van der Waals surface area contributed by atoms with Gasteiger partial charge in [0.1, 0.15) is 5.52 Å². The number of nitrogens with one attached hydrogen (secondary N) is 2. The largest absolute Gasteiger partial charge is 0.365 e. The molecular weight excluding hydrogens is 366 g/mol. The third-order valence-electron chi connectivity index (χ3n) is 4.15. The number of benzene rings is 1. The number of aromatic nitrogens is 3. The maximum absolute atomic E-state index is 11.6. The number of hydrogen-bond acceptors (Lipinski definition) is 6. The highest BCUT2D eigenvalue weighted by atomic mass is 32.2. The molecule has 0 aliphatic carbocycles. The van der Waals surface area contributed by atoms with Crippen LogP contribution in [0.4, 0.5) is 11.5 Å². The molecule has 0 aliphatic heterocycles. The van der Waals surface area contributed by atoms with Crippen molar-refractivity contribution in [2.45, 2.75) is 31.1 Å². The summed E-state index contributed by atoms with van der Waals surface area (Å²) in [5, 5.41) is 3.17. The fourth-order valence-corrected chi connectivity index (χ4v) is 3.33. The lowest BCUT2D eigenvalue weighted by Crippen LogP contribution is -2.11. The first kappa shape index (κ1) is 18.8. The molecule has 0 unspecified atom stereocenters. The molecule has 0 fully saturated rings. The number of hydrogen-bond donors (Lipinski definition) is 3. The number of amides is 1. The van der Waals surface area contributed by atoms with Gasteiger partial charge in [-0.25, -0.2) is 18.4 Å². The lowest BCUT2D eigenvalue weighted by Gasteiger charge is -2.11. The molecule has 0 aliphatic rings. The zero-order valence-electron chi connectivity index (χ0n) is 15.1. The quantitative estimate of drug-likeness (QED) is 0.571. The standard InChI is InChI=1S/C18H21N5O3S/c1-3-4-5-14-17(21-11-6-8-12(9-7-11)27(2,25)26)23-15-13(16(19)24)10-20-18(15)22-14/h6-10H,3-5H2,1-2H3,(H2,19,24)(H,20,22)(H,21,23). The van der Waals surface area contributed by atoms with Crippen LogP contribution in [0.1, 0.15) is 35.8 Å². The van der Waals surface area contributed by atoms with E-state index >= 15 is 0 Å². The number of anilines is 2. The van der Waals surface area contributed by atoms with Crippen LogP contribution in [0.3, 0.4) is 0 Å². The summed E-state index contributed by atoms with van der Waals surface area (Å²) < 4.78 is 23.2. The Bertz CT molecular complexity index is 1090. The zero-order valence-corrected chi connectivity index (χ0v) is 15.9. The molecule has 2 aromatic heterocycles. The molecule has 9 heteroatoms. The zero-order chi connectivity index (χ0) is 19.6. The van der Waals surface area contributed by atoms with Gasteiger partial charge >= 0.3 is 0 Å². The van der Waals surface area contributed by atoms with Crippen molar-refractivity contribution < 1.29 is 13.2 Å². The molecule has 1 aromatic carbocycles. The third-order valence-corrected chi connectivity index (χ3v) is 5.28. The Hall–Kier alpha value is -2.94. The van der Waals surface area contributed by atoms with Gasteiger partial charge in [0.05, 0.1) is 16.2 Å². The van der Waals surface area contributed by atoms with E-state index in [9.17, 15) is 13.2 Å². The number of primary amides is 1. The van der Waals surface area contributed by atoms with Gasteiger partial charge < -0.3 is 16.0 Å². The molecule has 142 valence electrons. The van der Waals surface area contributed by atoms with Gasteiger partial charge in [0.2, 0.25) is 0 Å². The number of H-pyrrole nitrogens is 1. The van der Waals surface area contributed by atoms with Crippen molar-refractivity contribution in [2.24, 2.45) is 5.73 Å². The Morgan fingerprint density at radius 3 is 2.52 bits per heavy atom. The Morgan fingerprint density at radius 2 is 1.93 bits per heavy atom. The molecule has 27 heavy (non-hydrogen) atoms. The molecule has 4 N–H and O–H groups in total. The molecule has 2 heterocycles. The number of carbonyl (C=O) groups excluding carboxylic acids is 1. The van der Waals surface area contributed by atoms with Crippen LogP contribution in [-0.2, 0) is 16.3 Å². The Kier molecular flexibility index (Phi) is 5.13. The highest BCUT2D eigenvalue weighted by molar-refractivity contribution is 7.90. The van der Waals surface area contributed by atoms with Crippen molar-refractivity contribution in [2.75, 3.05) is 11.6 Å². The topological polar surface area (TPSA) is 131 Å². The average molecular weight is 387 g/mol. The van der Waals surface area contributed by atoms with Gasteiger partial charge in [-0.1, -0.05) is 13.3 Å². The lowest BCUT2D eigenvalue weighted by atomic mass is 10.2. The second-order valence-corrected chi connectivity index (χ2v) is 8.32. The van der Waals surface area contributed by atoms with Gasteiger partial charge in [0.15, 0.2) is 21.3 Å². The van der Waals surface area contributed by atoms with E-state index in [-0.39, 0.29) is 10.5 Å². The molecule has 8 nitrogen and oxygen atoms in total. The fourth-order valence-electron chi connectivity index (χ4n) is 2.70. The minimum absolute atomic E-state index is 0.238. The molecular formula is C18H21N5O3S. The van der Waals surface area contributed by atoms with E-state index in [4.69, 9.17) is 5.73 Å². The first-order valence-corrected chi connectivity index (χ1v) is 10.4. The van der Waals surface area contributed by atoms with E-state index in [0.717, 1.165) is 24.8 Å². The molecule has 0 saturated heterocycles. The van der Waals surface area contributed by atoms with Gasteiger partial charge in [-0.15, -0.1) is 0 Å². The van der Waals surface area contributed by atoms with Crippen molar-refractivity contribution in [1.82, 2.24) is 15.0 Å². The molecule has 0 radical (unpaired) electrons. The molecule has 3 rings (SSSR count). The number of aromatic amines is 1. The Labute approximate surface area is 157 Å². The van der Waals surface area contributed by atoms with E-state index in [1.165, 1.54) is 18.3 Å². The summed E-state index contributed by atoms with van der Waals surface area (Å²) in [6.07, 6.45) is 5.31. The summed E-state index contributed by atoms with van der Waals surface area (Å²) in [4.78, 5) is 23.9. The molecule has 3 aromatic rings. The van der Waals surface area contributed by atoms with Gasteiger partial charge in [0, 0.05) is 18.1 Å². The molecule has 0 spiro atoms. The van der Waals surface area contributed by atoms with E-state index in [1.807, 2.05) is 0 Å². The fraction of sp³-hybridized carbons (Fsp3) is 0.278. The summed E-state index contributed by atoms with van der Waals surface area (Å²) in [6.45, 7) is 2.09. The van der Waals surface area contributed by atoms with Gasteiger partial charge in [0.25, 0.3) is 5.91 Å². The van der Waals surface area contributed by atoms with Crippen molar-refractivity contribution in [3.63, 3.8) is 0 Å². The van der Waals surface area contributed by atoms with Crippen LogP contribution in [0.5, 0.6) is 0 Å². The number of sulfone groups is 1. The van der Waals surface area contributed by atoms with E-state index in [1.54, 1.807) is 12.1 Å². The van der Waals surface area contributed by atoms with E-state index in [0.29, 0.717) is 29.1 Å². The number of rotatable bonds is 7. The first-order valence-electron chi connectivity index (χ1n) is 8.54. The van der Waals surface area contributed by atoms with Gasteiger partial charge in [-0.2, -0.15) is 0 Å². The Balaban J connectivity index is 2.02. The van der Waals surface area contributed by atoms with Gasteiger partial charge in [-0.05, 0) is 37.1 Å². The predicted molar refractivity (Wildman–Crippen MR) is 104 cm³/mol. The lowest BCUT2D eigenvalue weighted by molar-refractivity contribution is 0.100. The average Bonchev–Trinajstić information content (AvgIpc) is 3.02. The van der Waals surface area contributed by atoms with Crippen LogP contribution in [0.15, 0.2) is 35.4 Å². The van der Waals surface area contributed by atoms with Crippen molar-refractivity contribution in [1.29, 1.82) is 0 Å². The van der Waals surface area contributed by atoms with Crippen molar-refractivity contribution >= 4 is 38.4 Å². The smallest absolute Gasteiger partial charge is 0.252 e. The number of unbranched alkanes of at least 4 members (excludes halogenated alkanes) is 1. The number of carbonyl (C=O) groups is 1. The highest BCUT2D eigenvalue weighted by Gasteiger charge is 2.16. The van der Waals surface area contributed by atoms with Crippen LogP contribution in [0, 0.1) is 0 Å². The summed E-state index contributed by atoms with van der Waals surface area (Å²) in [5.74, 6) is -0.0644. The number of nitrogens with zero attached hydrogens (tertiary/aromatic N) is 2. The van der Waals surface area contributed by atoms with E-state index < -0.39 is 15.7 Å². The first-order chi connectivity index (χ1) is 12.8. The molecule has 0 saturated carbocycles. The van der Waals surface area contributed by atoms with Crippen LogP contribution in [0.2, 0.25) is 0 Å².